The van der Waals surface area contributed by atoms with Gasteiger partial charge in [-0.3, -0.25) is 4.79 Å². The van der Waals surface area contributed by atoms with Crippen LogP contribution in [0.2, 0.25) is 5.02 Å². The molecule has 0 N–H and O–H groups in total. The van der Waals surface area contributed by atoms with Crippen molar-refractivity contribution in [3.63, 3.8) is 0 Å². The van der Waals surface area contributed by atoms with Gasteiger partial charge in [0.05, 0.1) is 5.02 Å². The zero-order valence-corrected chi connectivity index (χ0v) is 12.6. The summed E-state index contributed by atoms with van der Waals surface area (Å²) in [5, 5.41) is 0.0361. The van der Waals surface area contributed by atoms with E-state index in [0.29, 0.717) is 12.2 Å². The summed E-state index contributed by atoms with van der Waals surface area (Å²) in [6.45, 7) is 8.23. The van der Waals surface area contributed by atoms with Crippen LogP contribution in [0.5, 0.6) is 0 Å². The quantitative estimate of drug-likeness (QED) is 0.816. The minimum Gasteiger partial charge on any atom is -0.370 e. The van der Waals surface area contributed by atoms with Gasteiger partial charge in [0, 0.05) is 13.0 Å². The molecule has 1 rings (SSSR count). The van der Waals surface area contributed by atoms with E-state index in [1.165, 1.54) is 12.1 Å². The van der Waals surface area contributed by atoms with E-state index < -0.39 is 11.9 Å². The Labute approximate surface area is 118 Å². The van der Waals surface area contributed by atoms with Gasteiger partial charge in [0.2, 0.25) is 0 Å². The van der Waals surface area contributed by atoms with E-state index in [-0.39, 0.29) is 22.6 Å². The van der Waals surface area contributed by atoms with E-state index in [1.807, 2.05) is 27.7 Å². The van der Waals surface area contributed by atoms with Gasteiger partial charge in [-0.1, -0.05) is 38.4 Å². The van der Waals surface area contributed by atoms with Crippen LogP contribution in [0.1, 0.15) is 33.3 Å². The SMILES string of the molecule is CCOC(C(=O)Cc1ccc(F)c(Cl)c1)C(C)(C)C. The molecule has 0 bridgehead atoms. The number of rotatable bonds is 5. The molecule has 1 aromatic carbocycles. The summed E-state index contributed by atoms with van der Waals surface area (Å²) in [7, 11) is 0. The fourth-order valence-corrected chi connectivity index (χ4v) is 2.14. The van der Waals surface area contributed by atoms with E-state index in [1.54, 1.807) is 6.07 Å². The van der Waals surface area contributed by atoms with Crippen LogP contribution in [-0.4, -0.2) is 18.5 Å². The lowest BCUT2D eigenvalue weighted by Crippen LogP contribution is -2.38. The maximum absolute atomic E-state index is 13.1. The molecular formula is C15H20ClFO2. The van der Waals surface area contributed by atoms with Gasteiger partial charge in [-0.25, -0.2) is 4.39 Å². The van der Waals surface area contributed by atoms with E-state index in [9.17, 15) is 9.18 Å². The van der Waals surface area contributed by atoms with E-state index in [2.05, 4.69) is 0 Å². The molecule has 0 fully saturated rings. The van der Waals surface area contributed by atoms with Crippen molar-refractivity contribution >= 4 is 17.4 Å². The molecule has 2 nitrogen and oxygen atoms in total. The third-order valence-electron chi connectivity index (χ3n) is 2.77. The minimum atomic E-state index is -0.477. The molecule has 1 atom stereocenters. The number of carbonyl (C=O) groups is 1. The van der Waals surface area contributed by atoms with Gasteiger partial charge >= 0.3 is 0 Å². The predicted molar refractivity (Wildman–Crippen MR) is 75.0 cm³/mol. The highest BCUT2D eigenvalue weighted by atomic mass is 35.5. The van der Waals surface area contributed by atoms with Crippen molar-refractivity contribution in [1.82, 2.24) is 0 Å². The molecule has 0 spiro atoms. The first-order valence-electron chi connectivity index (χ1n) is 6.34. The van der Waals surface area contributed by atoms with Crippen molar-refractivity contribution in [2.75, 3.05) is 6.61 Å². The van der Waals surface area contributed by atoms with Crippen LogP contribution in [0, 0.1) is 11.2 Å². The summed E-state index contributed by atoms with van der Waals surface area (Å²) < 4.78 is 18.6. The van der Waals surface area contributed by atoms with Gasteiger partial charge in [-0.05, 0) is 30.0 Å². The first-order chi connectivity index (χ1) is 8.75. The maximum atomic E-state index is 13.1. The van der Waals surface area contributed by atoms with Gasteiger partial charge in [-0.2, -0.15) is 0 Å². The zero-order valence-electron chi connectivity index (χ0n) is 11.8. The fraction of sp³-hybridized carbons (Fsp3) is 0.533. The number of hydrogen-bond acceptors (Lipinski definition) is 2. The summed E-state index contributed by atoms with van der Waals surface area (Å²) in [5.74, 6) is -0.493. The lowest BCUT2D eigenvalue weighted by molar-refractivity contribution is -0.136. The topological polar surface area (TPSA) is 26.3 Å². The molecule has 0 aliphatic rings. The van der Waals surface area contributed by atoms with Crippen molar-refractivity contribution in [2.24, 2.45) is 5.41 Å². The zero-order chi connectivity index (χ0) is 14.6. The third kappa shape index (κ3) is 4.59. The second-order valence-electron chi connectivity index (χ2n) is 5.59. The van der Waals surface area contributed by atoms with Crippen LogP contribution in [-0.2, 0) is 16.0 Å². The number of ketones is 1. The van der Waals surface area contributed by atoms with Crippen LogP contribution < -0.4 is 0 Å². The number of halogens is 2. The molecule has 0 saturated heterocycles. The van der Waals surface area contributed by atoms with Gasteiger partial charge in [0.1, 0.15) is 11.9 Å². The molecule has 0 saturated carbocycles. The van der Waals surface area contributed by atoms with E-state index >= 15 is 0 Å². The minimum absolute atomic E-state index is 0.0166. The molecule has 4 heteroatoms. The molecule has 0 heterocycles. The number of ether oxygens (including phenoxy) is 1. The van der Waals surface area contributed by atoms with Crippen LogP contribution in [0.4, 0.5) is 4.39 Å². The summed E-state index contributed by atoms with van der Waals surface area (Å²) in [5.41, 5.74) is 0.432. The smallest absolute Gasteiger partial charge is 0.166 e. The summed E-state index contributed by atoms with van der Waals surface area (Å²) >= 11 is 5.71. The van der Waals surface area contributed by atoms with Crippen molar-refractivity contribution in [3.8, 4) is 0 Å². The van der Waals surface area contributed by atoms with Crippen molar-refractivity contribution < 1.29 is 13.9 Å². The lowest BCUT2D eigenvalue weighted by atomic mass is 9.84. The molecule has 0 aliphatic heterocycles. The molecule has 106 valence electrons. The van der Waals surface area contributed by atoms with Gasteiger partial charge in [0.15, 0.2) is 5.78 Å². The highest BCUT2D eigenvalue weighted by Crippen LogP contribution is 2.25. The highest BCUT2D eigenvalue weighted by molar-refractivity contribution is 6.30. The third-order valence-corrected chi connectivity index (χ3v) is 3.06. The molecule has 0 aromatic heterocycles. The number of carbonyl (C=O) groups excluding carboxylic acids is 1. The molecule has 19 heavy (non-hydrogen) atoms. The molecule has 1 aromatic rings. The Kier molecular flexibility index (Phi) is 5.50. The average Bonchev–Trinajstić information content (AvgIpc) is 2.29. The highest BCUT2D eigenvalue weighted by Gasteiger charge is 2.31. The first-order valence-corrected chi connectivity index (χ1v) is 6.71. The van der Waals surface area contributed by atoms with Crippen molar-refractivity contribution in [1.29, 1.82) is 0 Å². The van der Waals surface area contributed by atoms with Crippen LogP contribution in [0.15, 0.2) is 18.2 Å². The van der Waals surface area contributed by atoms with E-state index in [0.717, 1.165) is 0 Å². The Morgan fingerprint density at radius 1 is 1.42 bits per heavy atom. The summed E-state index contributed by atoms with van der Waals surface area (Å²) in [6, 6.07) is 4.34. The van der Waals surface area contributed by atoms with E-state index in [4.69, 9.17) is 16.3 Å². The standard InChI is InChI=1S/C15H20ClFO2/c1-5-19-14(15(2,3)4)13(18)9-10-6-7-12(17)11(16)8-10/h6-8,14H,5,9H2,1-4H3. The molecular weight excluding hydrogens is 267 g/mol. The van der Waals surface area contributed by atoms with Crippen molar-refractivity contribution in [3.05, 3.63) is 34.6 Å². The number of Topliss-reactive ketones (excluding diaryl/α,β-unsaturated/α-hetero) is 1. The lowest BCUT2D eigenvalue weighted by Gasteiger charge is -2.29. The molecule has 0 radical (unpaired) electrons. The Bertz CT molecular complexity index is 452. The van der Waals surface area contributed by atoms with Crippen LogP contribution in [0.25, 0.3) is 0 Å². The summed E-state index contributed by atoms with van der Waals surface area (Å²) in [4.78, 5) is 12.3. The summed E-state index contributed by atoms with van der Waals surface area (Å²) in [6.07, 6.45) is -0.275. The predicted octanol–water partition coefficient (Wildman–Crippen LogP) is 4.04. The Morgan fingerprint density at radius 2 is 2.05 bits per heavy atom. The van der Waals surface area contributed by atoms with Gasteiger partial charge in [-0.15, -0.1) is 0 Å². The Morgan fingerprint density at radius 3 is 2.53 bits per heavy atom. The Hall–Kier alpha value is -0.930. The van der Waals surface area contributed by atoms with Gasteiger partial charge in [0.25, 0.3) is 0 Å². The van der Waals surface area contributed by atoms with Gasteiger partial charge < -0.3 is 4.74 Å². The largest absolute Gasteiger partial charge is 0.370 e. The fourth-order valence-electron chi connectivity index (χ4n) is 1.94. The second-order valence-corrected chi connectivity index (χ2v) is 6.00. The molecule has 0 amide bonds. The maximum Gasteiger partial charge on any atom is 0.166 e. The monoisotopic (exact) mass is 286 g/mol. The van der Waals surface area contributed by atoms with Crippen LogP contribution in [0.3, 0.4) is 0 Å². The normalized spacial score (nSPS) is 13.4. The molecule has 0 aliphatic carbocycles. The first kappa shape index (κ1) is 16.1. The second kappa shape index (κ2) is 6.49. The number of hydrogen-bond donors (Lipinski definition) is 0. The average molecular weight is 287 g/mol. The van der Waals surface area contributed by atoms with Crippen molar-refractivity contribution in [2.45, 2.75) is 40.2 Å². The molecule has 1 unspecified atom stereocenters. The van der Waals surface area contributed by atoms with Crippen LogP contribution >= 0.6 is 11.6 Å². The Balaban J connectivity index is 2.84. The number of benzene rings is 1.